The summed E-state index contributed by atoms with van der Waals surface area (Å²) >= 11 is 5.58. The maximum Gasteiger partial charge on any atom is 0.0404 e. The third-order valence-corrected chi connectivity index (χ3v) is 2.66. The Morgan fingerprint density at radius 1 is 1.43 bits per heavy atom. The smallest absolute Gasteiger partial charge is 0.0404 e. The van der Waals surface area contributed by atoms with Gasteiger partial charge in [-0.3, -0.25) is 0 Å². The first-order valence-corrected chi connectivity index (χ1v) is 5.34. The summed E-state index contributed by atoms with van der Waals surface area (Å²) in [6.45, 7) is 0. The quantitative estimate of drug-likeness (QED) is 0.518. The zero-order valence-electron chi connectivity index (χ0n) is 7.91. The predicted molar refractivity (Wildman–Crippen MR) is 61.5 cm³/mol. The molecule has 0 amide bonds. The second kappa shape index (κ2) is 4.47. The molecule has 1 aromatic rings. The molecule has 0 bridgehead atoms. The van der Waals surface area contributed by atoms with Gasteiger partial charge in [0.25, 0.3) is 0 Å². The molecule has 1 aliphatic rings. The van der Waals surface area contributed by atoms with Gasteiger partial charge in [0.05, 0.1) is 0 Å². The van der Waals surface area contributed by atoms with E-state index in [0.717, 1.165) is 6.42 Å². The normalized spacial score (nSPS) is 19.1. The van der Waals surface area contributed by atoms with Crippen LogP contribution in [0.2, 0.25) is 0 Å². The number of halogens is 1. The summed E-state index contributed by atoms with van der Waals surface area (Å²) in [6.07, 6.45) is 9.61. The van der Waals surface area contributed by atoms with E-state index in [4.69, 9.17) is 11.6 Å². The molecule has 0 aromatic heterocycles. The molecule has 0 saturated carbocycles. The van der Waals surface area contributed by atoms with Gasteiger partial charge in [-0.1, -0.05) is 36.4 Å². The number of fused-ring (bicyclic) bond motifs is 1. The van der Waals surface area contributed by atoms with Gasteiger partial charge < -0.3 is 0 Å². The molecule has 1 unspecified atom stereocenters. The maximum absolute atomic E-state index is 5.58. The van der Waals surface area contributed by atoms with Crippen molar-refractivity contribution in [3.8, 4) is 0 Å². The van der Waals surface area contributed by atoms with Crippen LogP contribution in [0, 0.1) is 6.07 Å². The summed E-state index contributed by atoms with van der Waals surface area (Å²) in [5.74, 6) is 1.13. The van der Waals surface area contributed by atoms with Crippen LogP contribution >= 0.6 is 11.6 Å². The minimum absolute atomic E-state index is 0.527. The monoisotopic (exact) mass is 203 g/mol. The lowest BCUT2D eigenvalue weighted by Gasteiger charge is -2.07. The molecule has 0 spiro atoms. The molecule has 1 aliphatic carbocycles. The van der Waals surface area contributed by atoms with Gasteiger partial charge in [-0.05, 0) is 29.7 Å². The van der Waals surface area contributed by atoms with E-state index in [1.807, 2.05) is 18.2 Å². The van der Waals surface area contributed by atoms with Crippen molar-refractivity contribution in [2.24, 2.45) is 0 Å². The molecule has 1 aromatic carbocycles. The zero-order valence-corrected chi connectivity index (χ0v) is 8.67. The Balaban J connectivity index is 2.11. The molecule has 0 fully saturated rings. The SMILES string of the molecule is ClCC=CCC1C=Cc2c[c]ccc21. The highest BCUT2D eigenvalue weighted by atomic mass is 35.5. The van der Waals surface area contributed by atoms with Crippen LogP contribution in [0.15, 0.2) is 36.4 Å². The average molecular weight is 204 g/mol. The largest absolute Gasteiger partial charge is 0.122 e. The Bertz CT molecular complexity index is 363. The molecular weight excluding hydrogens is 192 g/mol. The molecule has 1 atom stereocenters. The highest BCUT2D eigenvalue weighted by Gasteiger charge is 2.14. The van der Waals surface area contributed by atoms with Crippen LogP contribution in [0.4, 0.5) is 0 Å². The van der Waals surface area contributed by atoms with Crippen molar-refractivity contribution in [2.75, 3.05) is 5.88 Å². The zero-order chi connectivity index (χ0) is 9.80. The standard InChI is InChI=1S/C13H12Cl/c14-10-4-3-6-12-9-8-11-5-1-2-7-13(11)12/h2-5,7-9,12H,6,10H2. The van der Waals surface area contributed by atoms with Gasteiger partial charge in [-0.25, -0.2) is 0 Å². The third kappa shape index (κ3) is 1.91. The van der Waals surface area contributed by atoms with Crippen molar-refractivity contribution in [3.05, 3.63) is 53.6 Å². The molecule has 1 radical (unpaired) electrons. The molecule has 0 saturated heterocycles. The molecule has 14 heavy (non-hydrogen) atoms. The molecule has 0 N–H and O–H groups in total. The number of rotatable bonds is 3. The summed E-state index contributed by atoms with van der Waals surface area (Å²) in [4.78, 5) is 0. The predicted octanol–water partition coefficient (Wildman–Crippen LogP) is 3.78. The Morgan fingerprint density at radius 3 is 3.21 bits per heavy atom. The fourth-order valence-corrected chi connectivity index (χ4v) is 1.90. The number of hydrogen-bond donors (Lipinski definition) is 0. The number of alkyl halides is 1. The second-order valence-electron chi connectivity index (χ2n) is 3.38. The highest BCUT2D eigenvalue weighted by Crippen LogP contribution is 2.32. The fraction of sp³-hybridized carbons (Fsp3) is 0.231. The molecular formula is C13H12Cl. The fourth-order valence-electron chi connectivity index (χ4n) is 1.77. The van der Waals surface area contributed by atoms with Crippen molar-refractivity contribution in [1.82, 2.24) is 0 Å². The minimum atomic E-state index is 0.527. The van der Waals surface area contributed by atoms with E-state index in [1.165, 1.54) is 11.1 Å². The van der Waals surface area contributed by atoms with Crippen LogP contribution < -0.4 is 0 Å². The van der Waals surface area contributed by atoms with Crippen molar-refractivity contribution < 1.29 is 0 Å². The average Bonchev–Trinajstić information content (AvgIpc) is 2.63. The Kier molecular flexibility index (Phi) is 3.05. The molecule has 0 aliphatic heterocycles. The molecule has 1 heteroatoms. The van der Waals surface area contributed by atoms with E-state index in [9.17, 15) is 0 Å². The first kappa shape index (κ1) is 9.54. The van der Waals surface area contributed by atoms with Crippen LogP contribution in [0.3, 0.4) is 0 Å². The number of hydrogen-bond acceptors (Lipinski definition) is 0. The molecule has 0 nitrogen and oxygen atoms in total. The van der Waals surface area contributed by atoms with E-state index in [0.29, 0.717) is 11.8 Å². The summed E-state index contributed by atoms with van der Waals surface area (Å²) in [6, 6.07) is 9.25. The number of benzene rings is 1. The lowest BCUT2D eigenvalue weighted by atomic mass is 9.98. The summed E-state index contributed by atoms with van der Waals surface area (Å²) < 4.78 is 0. The van der Waals surface area contributed by atoms with E-state index >= 15 is 0 Å². The van der Waals surface area contributed by atoms with Crippen LogP contribution in [0.1, 0.15) is 23.5 Å². The second-order valence-corrected chi connectivity index (χ2v) is 3.69. The van der Waals surface area contributed by atoms with Crippen LogP contribution in [-0.2, 0) is 0 Å². The van der Waals surface area contributed by atoms with Gasteiger partial charge in [0, 0.05) is 11.8 Å². The van der Waals surface area contributed by atoms with E-state index in [2.05, 4.69) is 30.4 Å². The topological polar surface area (TPSA) is 0 Å². The Hall–Kier alpha value is -1.01. The van der Waals surface area contributed by atoms with Crippen LogP contribution in [0.25, 0.3) is 6.08 Å². The van der Waals surface area contributed by atoms with Gasteiger partial charge in [-0.2, -0.15) is 0 Å². The van der Waals surface area contributed by atoms with Crippen molar-refractivity contribution in [1.29, 1.82) is 0 Å². The minimum Gasteiger partial charge on any atom is -0.122 e. The van der Waals surface area contributed by atoms with E-state index in [-0.39, 0.29) is 0 Å². The Labute approximate surface area is 89.9 Å². The van der Waals surface area contributed by atoms with Crippen molar-refractivity contribution in [2.45, 2.75) is 12.3 Å². The van der Waals surface area contributed by atoms with Crippen molar-refractivity contribution >= 4 is 17.7 Å². The lowest BCUT2D eigenvalue weighted by Crippen LogP contribution is -1.90. The van der Waals surface area contributed by atoms with Gasteiger partial charge in [0.15, 0.2) is 0 Å². The summed E-state index contributed by atoms with van der Waals surface area (Å²) in [5, 5.41) is 0. The van der Waals surface area contributed by atoms with Crippen molar-refractivity contribution in [3.63, 3.8) is 0 Å². The van der Waals surface area contributed by atoms with Gasteiger partial charge in [0.1, 0.15) is 0 Å². The molecule has 0 heterocycles. The summed E-state index contributed by atoms with van der Waals surface area (Å²) in [5.41, 5.74) is 2.71. The van der Waals surface area contributed by atoms with Crippen LogP contribution in [0.5, 0.6) is 0 Å². The van der Waals surface area contributed by atoms with Gasteiger partial charge >= 0.3 is 0 Å². The first-order chi connectivity index (χ1) is 6.92. The molecule has 71 valence electrons. The Morgan fingerprint density at radius 2 is 2.36 bits per heavy atom. The maximum atomic E-state index is 5.58. The summed E-state index contributed by atoms with van der Waals surface area (Å²) in [7, 11) is 0. The molecule has 2 rings (SSSR count). The lowest BCUT2D eigenvalue weighted by molar-refractivity contribution is 0.878. The highest BCUT2D eigenvalue weighted by molar-refractivity contribution is 6.18. The third-order valence-electron chi connectivity index (χ3n) is 2.48. The first-order valence-electron chi connectivity index (χ1n) is 4.81. The van der Waals surface area contributed by atoms with Gasteiger partial charge in [-0.15, -0.1) is 11.6 Å². The van der Waals surface area contributed by atoms with E-state index in [1.54, 1.807) is 0 Å². The number of allylic oxidation sites excluding steroid dienone is 3. The van der Waals surface area contributed by atoms with Gasteiger partial charge in [0.2, 0.25) is 0 Å². The van der Waals surface area contributed by atoms with Crippen LogP contribution in [-0.4, -0.2) is 5.88 Å². The van der Waals surface area contributed by atoms with E-state index < -0.39 is 0 Å².